The highest BCUT2D eigenvalue weighted by molar-refractivity contribution is 6.11. The zero-order chi connectivity index (χ0) is 14.1. The summed E-state index contributed by atoms with van der Waals surface area (Å²) in [6, 6.07) is 14.6. The number of fused-ring (bicyclic) bond motifs is 1. The highest BCUT2D eigenvalue weighted by atomic mass is 16.6. The van der Waals surface area contributed by atoms with E-state index in [1.165, 1.54) is 18.2 Å². The Kier molecular flexibility index (Phi) is 2.80. The van der Waals surface area contributed by atoms with Crippen LogP contribution < -0.4 is 0 Å². The minimum absolute atomic E-state index is 0.0246. The first-order valence-corrected chi connectivity index (χ1v) is 5.93. The van der Waals surface area contributed by atoms with Gasteiger partial charge in [0.1, 0.15) is 11.1 Å². The average Bonchev–Trinajstić information content (AvgIpc) is 2.90. The molecule has 0 amide bonds. The molecule has 0 spiro atoms. The summed E-state index contributed by atoms with van der Waals surface area (Å²) in [5, 5.41) is 11.7. The van der Waals surface area contributed by atoms with Gasteiger partial charge in [0.05, 0.1) is 4.92 Å². The van der Waals surface area contributed by atoms with Gasteiger partial charge in [-0.3, -0.25) is 14.9 Å². The van der Waals surface area contributed by atoms with E-state index in [4.69, 9.17) is 4.42 Å². The number of furan rings is 1. The van der Waals surface area contributed by atoms with E-state index >= 15 is 0 Å². The lowest BCUT2D eigenvalue weighted by Gasteiger charge is -1.99. The predicted octanol–water partition coefficient (Wildman–Crippen LogP) is 3.57. The minimum atomic E-state index is -0.574. The number of carbonyl (C=O) groups excluding carboxylic acids is 1. The maximum atomic E-state index is 12.3. The molecule has 0 radical (unpaired) electrons. The van der Waals surface area contributed by atoms with Gasteiger partial charge in [-0.2, -0.15) is 0 Å². The van der Waals surface area contributed by atoms with Gasteiger partial charge in [-0.15, -0.1) is 0 Å². The van der Waals surface area contributed by atoms with Gasteiger partial charge in [0.25, 0.3) is 5.69 Å². The van der Waals surface area contributed by atoms with E-state index in [0.29, 0.717) is 5.58 Å². The summed E-state index contributed by atoms with van der Waals surface area (Å²) in [6.45, 7) is 0. The molecule has 0 saturated carbocycles. The second kappa shape index (κ2) is 4.62. The Hall–Kier alpha value is -2.95. The number of carbonyl (C=O) groups is 1. The molecule has 3 aromatic rings. The standard InChI is InChI=1S/C15H9NO4/c17-15(11-6-2-3-7-12(11)16(18)19)14-9-10-5-1-4-8-13(10)20-14/h1-9H. The van der Waals surface area contributed by atoms with E-state index in [1.807, 2.05) is 12.1 Å². The van der Waals surface area contributed by atoms with Crippen LogP contribution in [-0.4, -0.2) is 10.7 Å². The summed E-state index contributed by atoms with van der Waals surface area (Å²) in [5.74, 6) is -0.394. The van der Waals surface area contributed by atoms with Crippen molar-refractivity contribution in [3.05, 3.63) is 76.0 Å². The Bertz CT molecular complexity index is 786. The highest BCUT2D eigenvalue weighted by Gasteiger charge is 2.23. The number of hydrogen-bond donors (Lipinski definition) is 0. The second-order valence-electron chi connectivity index (χ2n) is 4.25. The molecule has 0 fully saturated rings. The van der Waals surface area contributed by atoms with Crippen molar-refractivity contribution in [1.29, 1.82) is 0 Å². The first-order chi connectivity index (χ1) is 9.66. The van der Waals surface area contributed by atoms with Gasteiger partial charge in [-0.1, -0.05) is 30.3 Å². The number of para-hydroxylation sites is 2. The molecule has 0 saturated heterocycles. The van der Waals surface area contributed by atoms with Gasteiger partial charge < -0.3 is 4.42 Å². The number of benzene rings is 2. The molecule has 0 atom stereocenters. The molecular formula is C15H9NO4. The third-order valence-electron chi connectivity index (χ3n) is 2.99. The molecule has 0 aliphatic carbocycles. The van der Waals surface area contributed by atoms with Gasteiger partial charge >= 0.3 is 0 Å². The smallest absolute Gasteiger partial charge is 0.280 e. The predicted molar refractivity (Wildman–Crippen MR) is 72.7 cm³/mol. The van der Waals surface area contributed by atoms with Crippen LogP contribution in [0.25, 0.3) is 11.0 Å². The second-order valence-corrected chi connectivity index (χ2v) is 4.25. The van der Waals surface area contributed by atoms with E-state index in [-0.39, 0.29) is 17.0 Å². The number of nitro groups is 1. The maximum Gasteiger partial charge on any atom is 0.280 e. The quantitative estimate of drug-likeness (QED) is 0.413. The number of hydrogen-bond acceptors (Lipinski definition) is 4. The van der Waals surface area contributed by atoms with Crippen LogP contribution in [0.15, 0.2) is 59.0 Å². The van der Waals surface area contributed by atoms with Crippen molar-refractivity contribution >= 4 is 22.4 Å². The Morgan fingerprint density at radius 1 is 1.05 bits per heavy atom. The summed E-state index contributed by atoms with van der Waals surface area (Å²) in [6.07, 6.45) is 0. The molecule has 98 valence electrons. The van der Waals surface area contributed by atoms with Crippen LogP contribution in [0.4, 0.5) is 5.69 Å². The fourth-order valence-corrected chi connectivity index (χ4v) is 2.05. The van der Waals surface area contributed by atoms with Crippen LogP contribution in [0.3, 0.4) is 0 Å². The first-order valence-electron chi connectivity index (χ1n) is 5.93. The normalized spacial score (nSPS) is 10.6. The van der Waals surface area contributed by atoms with Crippen LogP contribution in [0, 0.1) is 10.1 Å². The molecule has 0 aliphatic heterocycles. The van der Waals surface area contributed by atoms with E-state index in [1.54, 1.807) is 24.3 Å². The molecule has 0 bridgehead atoms. The van der Waals surface area contributed by atoms with Gasteiger partial charge in [-0.05, 0) is 18.2 Å². The summed E-state index contributed by atoms with van der Waals surface area (Å²) in [4.78, 5) is 22.7. The van der Waals surface area contributed by atoms with Crippen LogP contribution in [0.5, 0.6) is 0 Å². The maximum absolute atomic E-state index is 12.3. The Morgan fingerprint density at radius 2 is 1.75 bits per heavy atom. The zero-order valence-electron chi connectivity index (χ0n) is 10.3. The number of nitro benzene ring substituents is 1. The van der Waals surface area contributed by atoms with Gasteiger partial charge in [0, 0.05) is 11.5 Å². The Morgan fingerprint density at radius 3 is 2.50 bits per heavy atom. The number of rotatable bonds is 3. The zero-order valence-corrected chi connectivity index (χ0v) is 10.3. The molecule has 2 aromatic carbocycles. The third kappa shape index (κ3) is 1.95. The van der Waals surface area contributed by atoms with Crippen LogP contribution in [0.1, 0.15) is 16.1 Å². The number of nitrogens with zero attached hydrogens (tertiary/aromatic N) is 1. The summed E-state index contributed by atoms with van der Waals surface area (Å²) >= 11 is 0. The molecular weight excluding hydrogens is 258 g/mol. The summed E-state index contributed by atoms with van der Waals surface area (Å²) in [5.41, 5.74) is 0.379. The summed E-state index contributed by atoms with van der Waals surface area (Å²) in [7, 11) is 0. The van der Waals surface area contributed by atoms with Crippen molar-refractivity contribution in [2.24, 2.45) is 0 Å². The molecule has 0 N–H and O–H groups in total. The largest absolute Gasteiger partial charge is 0.453 e. The van der Waals surface area contributed by atoms with Crippen LogP contribution in [0.2, 0.25) is 0 Å². The Labute approximate surface area is 113 Å². The molecule has 20 heavy (non-hydrogen) atoms. The van der Waals surface area contributed by atoms with E-state index in [0.717, 1.165) is 5.39 Å². The molecule has 0 aliphatic rings. The SMILES string of the molecule is O=C(c1cc2ccccc2o1)c1ccccc1[N+](=O)[O-]. The minimum Gasteiger partial charge on any atom is -0.453 e. The van der Waals surface area contributed by atoms with Crippen molar-refractivity contribution in [1.82, 2.24) is 0 Å². The molecule has 5 heteroatoms. The Balaban J connectivity index is 2.11. The number of ketones is 1. The lowest BCUT2D eigenvalue weighted by molar-refractivity contribution is -0.385. The van der Waals surface area contributed by atoms with Gasteiger partial charge in [-0.25, -0.2) is 0 Å². The van der Waals surface area contributed by atoms with Crippen LogP contribution >= 0.6 is 0 Å². The fourth-order valence-electron chi connectivity index (χ4n) is 2.05. The molecule has 1 heterocycles. The highest BCUT2D eigenvalue weighted by Crippen LogP contribution is 2.25. The first kappa shape index (κ1) is 12.1. The van der Waals surface area contributed by atoms with Gasteiger partial charge in [0.15, 0.2) is 5.76 Å². The topological polar surface area (TPSA) is 73.3 Å². The monoisotopic (exact) mass is 267 g/mol. The van der Waals surface area contributed by atoms with Crippen molar-refractivity contribution in [2.75, 3.05) is 0 Å². The van der Waals surface area contributed by atoms with Crippen molar-refractivity contribution in [3.63, 3.8) is 0 Å². The van der Waals surface area contributed by atoms with E-state index < -0.39 is 10.7 Å². The van der Waals surface area contributed by atoms with Crippen molar-refractivity contribution < 1.29 is 14.1 Å². The lowest BCUT2D eigenvalue weighted by Crippen LogP contribution is -2.04. The van der Waals surface area contributed by atoms with Gasteiger partial charge in [0.2, 0.25) is 5.78 Å². The van der Waals surface area contributed by atoms with Crippen molar-refractivity contribution in [2.45, 2.75) is 0 Å². The average molecular weight is 267 g/mol. The van der Waals surface area contributed by atoms with Crippen molar-refractivity contribution in [3.8, 4) is 0 Å². The van der Waals surface area contributed by atoms with Crippen LogP contribution in [-0.2, 0) is 0 Å². The molecule has 0 unspecified atom stereocenters. The molecule has 5 nitrogen and oxygen atoms in total. The van der Waals surface area contributed by atoms with E-state index in [9.17, 15) is 14.9 Å². The lowest BCUT2D eigenvalue weighted by atomic mass is 10.1. The van der Waals surface area contributed by atoms with E-state index in [2.05, 4.69) is 0 Å². The molecule has 3 rings (SSSR count). The molecule has 1 aromatic heterocycles. The summed E-state index contributed by atoms with van der Waals surface area (Å²) < 4.78 is 5.45. The fraction of sp³-hybridized carbons (Fsp3) is 0. The third-order valence-corrected chi connectivity index (χ3v) is 2.99.